The lowest BCUT2D eigenvalue weighted by Gasteiger charge is -2.23. The zero-order valence-corrected chi connectivity index (χ0v) is 14.4. The number of carbonyl (C=O) groups is 1. The lowest BCUT2D eigenvalue weighted by Crippen LogP contribution is -2.34. The van der Waals surface area contributed by atoms with Gasteiger partial charge in [-0.05, 0) is 60.4 Å². The van der Waals surface area contributed by atoms with Gasteiger partial charge in [0.05, 0.1) is 0 Å². The summed E-state index contributed by atoms with van der Waals surface area (Å²) in [4.78, 5) is 17.5. The summed E-state index contributed by atoms with van der Waals surface area (Å²) < 4.78 is 0.907. The van der Waals surface area contributed by atoms with Crippen LogP contribution in [0.5, 0.6) is 0 Å². The number of nitrogens with zero attached hydrogens (tertiary/aromatic N) is 2. The van der Waals surface area contributed by atoms with Gasteiger partial charge in [-0.25, -0.2) is 0 Å². The van der Waals surface area contributed by atoms with Crippen molar-refractivity contribution in [1.29, 1.82) is 0 Å². The number of halogens is 1. The summed E-state index contributed by atoms with van der Waals surface area (Å²) >= 11 is 4.93. The maximum atomic E-state index is 12.4. The van der Waals surface area contributed by atoms with Crippen molar-refractivity contribution in [2.45, 2.75) is 27.2 Å². The lowest BCUT2D eigenvalue weighted by molar-refractivity contribution is 0.0761. The average Bonchev–Trinajstić information content (AvgIpc) is 2.85. The van der Waals surface area contributed by atoms with Crippen molar-refractivity contribution >= 4 is 33.2 Å². The van der Waals surface area contributed by atoms with Crippen molar-refractivity contribution in [1.82, 2.24) is 9.80 Å². The zero-order chi connectivity index (χ0) is 14.3. The second kappa shape index (κ2) is 8.72. The first-order valence-corrected chi connectivity index (χ1v) is 8.55. The molecule has 0 N–H and O–H groups in total. The van der Waals surface area contributed by atoms with Crippen LogP contribution < -0.4 is 0 Å². The number of hydrogen-bond acceptors (Lipinski definition) is 3. The van der Waals surface area contributed by atoms with Gasteiger partial charge in [0.15, 0.2) is 0 Å². The second-order valence-corrected chi connectivity index (χ2v) is 6.13. The fourth-order valence-corrected chi connectivity index (χ4v) is 3.53. The predicted molar refractivity (Wildman–Crippen MR) is 86.0 cm³/mol. The summed E-state index contributed by atoms with van der Waals surface area (Å²) in [6.45, 7) is 11.2. The van der Waals surface area contributed by atoms with Crippen LogP contribution in [0, 0.1) is 0 Å². The van der Waals surface area contributed by atoms with Crippen LogP contribution in [-0.2, 0) is 0 Å². The quantitative estimate of drug-likeness (QED) is 0.716. The van der Waals surface area contributed by atoms with Crippen LogP contribution in [0.15, 0.2) is 15.9 Å². The maximum Gasteiger partial charge on any atom is 0.265 e. The molecule has 1 aromatic rings. The van der Waals surface area contributed by atoms with E-state index in [0.717, 1.165) is 48.5 Å². The van der Waals surface area contributed by atoms with E-state index in [0.29, 0.717) is 0 Å². The van der Waals surface area contributed by atoms with Crippen LogP contribution in [0.1, 0.15) is 36.9 Å². The highest BCUT2D eigenvalue weighted by Gasteiger charge is 2.17. The standard InChI is InChI=1S/C14H23BrN2OS/c1-4-16(5-2)9-7-10-17(6-3)14(18)13-12(15)8-11-19-13/h8,11H,4-7,9-10H2,1-3H3. The summed E-state index contributed by atoms with van der Waals surface area (Å²) in [7, 11) is 0. The van der Waals surface area contributed by atoms with Crippen LogP contribution in [0.4, 0.5) is 0 Å². The Morgan fingerprint density at radius 1 is 1.21 bits per heavy atom. The van der Waals surface area contributed by atoms with Crippen LogP contribution >= 0.6 is 27.3 Å². The van der Waals surface area contributed by atoms with Crippen molar-refractivity contribution < 1.29 is 4.79 Å². The van der Waals surface area contributed by atoms with E-state index < -0.39 is 0 Å². The van der Waals surface area contributed by atoms with Gasteiger partial charge in [0.2, 0.25) is 0 Å². The highest BCUT2D eigenvalue weighted by Crippen LogP contribution is 2.24. The Bertz CT molecular complexity index is 391. The number of amides is 1. The summed E-state index contributed by atoms with van der Waals surface area (Å²) in [5.41, 5.74) is 0. The van der Waals surface area contributed by atoms with Gasteiger partial charge in [-0.2, -0.15) is 0 Å². The third-order valence-corrected chi connectivity index (χ3v) is 5.10. The van der Waals surface area contributed by atoms with E-state index in [1.54, 1.807) is 0 Å². The Morgan fingerprint density at radius 2 is 1.89 bits per heavy atom. The van der Waals surface area contributed by atoms with E-state index in [4.69, 9.17) is 0 Å². The topological polar surface area (TPSA) is 23.6 Å². The molecule has 1 amide bonds. The Kier molecular flexibility index (Phi) is 7.64. The van der Waals surface area contributed by atoms with E-state index in [9.17, 15) is 4.79 Å². The van der Waals surface area contributed by atoms with Crippen LogP contribution in [0.3, 0.4) is 0 Å². The third-order valence-electron chi connectivity index (χ3n) is 3.28. The number of thiophene rings is 1. The number of rotatable bonds is 8. The highest BCUT2D eigenvalue weighted by atomic mass is 79.9. The minimum Gasteiger partial charge on any atom is -0.338 e. The summed E-state index contributed by atoms with van der Waals surface area (Å²) in [6.07, 6.45) is 1.03. The maximum absolute atomic E-state index is 12.4. The molecule has 0 saturated carbocycles. The molecule has 5 heteroatoms. The molecule has 108 valence electrons. The molecule has 0 saturated heterocycles. The first-order valence-electron chi connectivity index (χ1n) is 6.88. The van der Waals surface area contributed by atoms with E-state index in [2.05, 4.69) is 34.7 Å². The minimum absolute atomic E-state index is 0.143. The predicted octanol–water partition coefficient (Wildman–Crippen LogP) is 3.70. The van der Waals surface area contributed by atoms with Crippen molar-refractivity contribution in [2.24, 2.45) is 0 Å². The van der Waals surface area contributed by atoms with E-state index >= 15 is 0 Å². The normalized spacial score (nSPS) is 11.0. The smallest absolute Gasteiger partial charge is 0.265 e. The van der Waals surface area contributed by atoms with Gasteiger partial charge >= 0.3 is 0 Å². The van der Waals surface area contributed by atoms with Gasteiger partial charge in [-0.3, -0.25) is 4.79 Å². The Hall–Kier alpha value is -0.390. The highest BCUT2D eigenvalue weighted by molar-refractivity contribution is 9.10. The Balaban J connectivity index is 2.50. The molecule has 0 aromatic carbocycles. The molecule has 0 aliphatic rings. The molecular weight excluding hydrogens is 324 g/mol. The van der Waals surface area contributed by atoms with Crippen molar-refractivity contribution in [3.63, 3.8) is 0 Å². The molecule has 0 aliphatic heterocycles. The van der Waals surface area contributed by atoms with Crippen LogP contribution in [0.25, 0.3) is 0 Å². The molecule has 0 radical (unpaired) electrons. The molecule has 1 rings (SSSR count). The summed E-state index contributed by atoms with van der Waals surface area (Å²) in [5.74, 6) is 0.143. The molecule has 0 fully saturated rings. The monoisotopic (exact) mass is 346 g/mol. The minimum atomic E-state index is 0.143. The Morgan fingerprint density at radius 3 is 2.37 bits per heavy atom. The molecule has 0 atom stereocenters. The van der Waals surface area contributed by atoms with Gasteiger partial charge < -0.3 is 9.80 Å². The molecule has 3 nitrogen and oxygen atoms in total. The van der Waals surface area contributed by atoms with Gasteiger partial charge in [-0.1, -0.05) is 13.8 Å². The van der Waals surface area contributed by atoms with E-state index in [1.165, 1.54) is 11.3 Å². The SMILES string of the molecule is CCN(CC)CCCN(CC)C(=O)c1sccc1Br. The third kappa shape index (κ3) is 4.89. The summed E-state index contributed by atoms with van der Waals surface area (Å²) in [5, 5.41) is 1.95. The molecule has 0 unspecified atom stereocenters. The van der Waals surface area contributed by atoms with Crippen LogP contribution in [0.2, 0.25) is 0 Å². The second-order valence-electron chi connectivity index (χ2n) is 4.36. The van der Waals surface area contributed by atoms with Gasteiger partial charge in [-0.15, -0.1) is 11.3 Å². The molecule has 0 spiro atoms. The fourth-order valence-electron chi connectivity index (χ4n) is 2.02. The van der Waals surface area contributed by atoms with Gasteiger partial charge in [0, 0.05) is 17.6 Å². The first-order chi connectivity index (χ1) is 9.13. The van der Waals surface area contributed by atoms with E-state index in [1.807, 2.05) is 23.3 Å². The number of hydrogen-bond donors (Lipinski definition) is 0. The van der Waals surface area contributed by atoms with Crippen molar-refractivity contribution in [3.05, 3.63) is 20.8 Å². The molecular formula is C14H23BrN2OS. The van der Waals surface area contributed by atoms with Crippen molar-refractivity contribution in [2.75, 3.05) is 32.7 Å². The molecule has 1 aromatic heterocycles. The molecule has 0 aliphatic carbocycles. The molecule has 0 bridgehead atoms. The fraction of sp³-hybridized carbons (Fsp3) is 0.643. The summed E-state index contributed by atoms with van der Waals surface area (Å²) in [6, 6.07) is 1.93. The van der Waals surface area contributed by atoms with Crippen molar-refractivity contribution in [3.8, 4) is 0 Å². The average molecular weight is 347 g/mol. The lowest BCUT2D eigenvalue weighted by atomic mass is 10.3. The first kappa shape index (κ1) is 16.7. The largest absolute Gasteiger partial charge is 0.338 e. The van der Waals surface area contributed by atoms with Gasteiger partial charge in [0.1, 0.15) is 4.88 Å². The van der Waals surface area contributed by atoms with Crippen LogP contribution in [-0.4, -0.2) is 48.4 Å². The molecule has 1 heterocycles. The zero-order valence-electron chi connectivity index (χ0n) is 12.0. The Labute approximate surface area is 128 Å². The molecule has 19 heavy (non-hydrogen) atoms. The van der Waals surface area contributed by atoms with Gasteiger partial charge in [0.25, 0.3) is 5.91 Å². The van der Waals surface area contributed by atoms with E-state index in [-0.39, 0.29) is 5.91 Å². The number of carbonyl (C=O) groups excluding carboxylic acids is 1.